The Morgan fingerprint density at radius 2 is 1.56 bits per heavy atom. The maximum Gasteiger partial charge on any atom is 0.235 e. The maximum atomic E-state index is 10.7. The minimum Gasteiger partial charge on any atom is -0.489 e. The summed E-state index contributed by atoms with van der Waals surface area (Å²) in [5, 5.41) is 0. The first-order valence-electron chi connectivity index (χ1n) is 7.88. The van der Waals surface area contributed by atoms with E-state index in [-0.39, 0.29) is 5.91 Å². The Morgan fingerprint density at radius 1 is 0.920 bits per heavy atom. The van der Waals surface area contributed by atoms with E-state index in [1.165, 1.54) is 6.92 Å². The number of anilines is 1. The van der Waals surface area contributed by atoms with Gasteiger partial charge >= 0.3 is 0 Å². The Balaban J connectivity index is 0.000000316. The summed E-state index contributed by atoms with van der Waals surface area (Å²) in [5.74, 6) is 0.654. The molecule has 0 radical (unpaired) electrons. The molecule has 3 aromatic rings. The highest BCUT2D eigenvalue weighted by atomic mass is 16.5. The molecule has 0 saturated carbocycles. The molecule has 0 fully saturated rings. The number of ether oxygens (including phenoxy) is 1. The van der Waals surface area contributed by atoms with E-state index in [0.717, 1.165) is 17.0 Å². The van der Waals surface area contributed by atoms with Crippen LogP contribution in [0.5, 0.6) is 5.75 Å². The number of hydrogen-bond donors (Lipinski definition) is 2. The second-order valence-electron chi connectivity index (χ2n) is 5.13. The lowest BCUT2D eigenvalue weighted by Crippen LogP contribution is -2.26. The first kappa shape index (κ1) is 18.0. The van der Waals surface area contributed by atoms with Crippen LogP contribution in [0.4, 0.5) is 5.69 Å². The van der Waals surface area contributed by atoms with E-state index in [2.05, 4.69) is 15.8 Å². The standard InChI is InChI=1S/C15H16N2O2.C5H5N/c1-12(18)16-17-14-7-9-15(10-8-14)19-11-13-5-3-2-4-6-13;1-2-4-6-5-3-1/h2-10,17H,11H2,1H3,(H,16,18);1-5H. The molecule has 1 heterocycles. The van der Waals surface area contributed by atoms with Crippen molar-refractivity contribution in [2.24, 2.45) is 0 Å². The summed E-state index contributed by atoms with van der Waals surface area (Å²) in [6, 6.07) is 23.1. The predicted molar refractivity (Wildman–Crippen MR) is 98.9 cm³/mol. The van der Waals surface area contributed by atoms with Crippen molar-refractivity contribution in [2.75, 3.05) is 5.43 Å². The van der Waals surface area contributed by atoms with Crippen LogP contribution in [0, 0.1) is 0 Å². The third kappa shape index (κ3) is 7.65. The summed E-state index contributed by atoms with van der Waals surface area (Å²) in [6.07, 6.45) is 3.50. The molecule has 0 unspecified atom stereocenters. The smallest absolute Gasteiger partial charge is 0.235 e. The summed E-state index contributed by atoms with van der Waals surface area (Å²) in [6.45, 7) is 1.99. The van der Waals surface area contributed by atoms with Crippen molar-refractivity contribution in [3.63, 3.8) is 0 Å². The Bertz CT molecular complexity index is 705. The molecule has 0 aliphatic rings. The number of amides is 1. The number of carbonyl (C=O) groups excluding carboxylic acids is 1. The normalized spacial score (nSPS) is 9.32. The third-order valence-electron chi connectivity index (χ3n) is 3.05. The molecule has 0 aliphatic carbocycles. The van der Waals surface area contributed by atoms with Crippen molar-refractivity contribution < 1.29 is 9.53 Å². The Labute approximate surface area is 147 Å². The Kier molecular flexibility index (Phi) is 7.52. The van der Waals surface area contributed by atoms with Gasteiger partial charge in [-0.1, -0.05) is 36.4 Å². The van der Waals surface area contributed by atoms with Crippen LogP contribution < -0.4 is 15.6 Å². The molecule has 2 aromatic carbocycles. The van der Waals surface area contributed by atoms with Gasteiger partial charge in [0, 0.05) is 19.3 Å². The quantitative estimate of drug-likeness (QED) is 0.696. The number of aromatic nitrogens is 1. The lowest BCUT2D eigenvalue weighted by Gasteiger charge is -2.09. The van der Waals surface area contributed by atoms with Gasteiger partial charge in [-0.05, 0) is 42.0 Å². The fourth-order valence-electron chi connectivity index (χ4n) is 1.85. The van der Waals surface area contributed by atoms with Crippen molar-refractivity contribution in [1.82, 2.24) is 10.4 Å². The average Bonchev–Trinajstić information content (AvgIpc) is 2.68. The zero-order valence-corrected chi connectivity index (χ0v) is 14.1. The molecule has 5 nitrogen and oxygen atoms in total. The van der Waals surface area contributed by atoms with Crippen LogP contribution >= 0.6 is 0 Å². The van der Waals surface area contributed by atoms with Crippen LogP contribution in [0.25, 0.3) is 0 Å². The minimum atomic E-state index is -0.135. The fourth-order valence-corrected chi connectivity index (χ4v) is 1.85. The van der Waals surface area contributed by atoms with Gasteiger partial charge in [0.15, 0.2) is 0 Å². The molecule has 0 aliphatic heterocycles. The number of rotatable bonds is 5. The van der Waals surface area contributed by atoms with E-state index in [0.29, 0.717) is 6.61 Å². The van der Waals surface area contributed by atoms with E-state index >= 15 is 0 Å². The highest BCUT2D eigenvalue weighted by Crippen LogP contribution is 2.16. The zero-order chi connectivity index (χ0) is 17.7. The van der Waals surface area contributed by atoms with Crippen molar-refractivity contribution >= 4 is 11.6 Å². The van der Waals surface area contributed by atoms with Crippen LogP contribution in [0.3, 0.4) is 0 Å². The predicted octanol–water partition coefficient (Wildman–Crippen LogP) is 3.81. The average molecular weight is 335 g/mol. The first-order valence-corrected chi connectivity index (χ1v) is 7.88. The van der Waals surface area contributed by atoms with Crippen LogP contribution in [0.15, 0.2) is 85.2 Å². The number of benzene rings is 2. The first-order chi connectivity index (χ1) is 12.2. The van der Waals surface area contributed by atoms with Gasteiger partial charge in [0.25, 0.3) is 0 Å². The monoisotopic (exact) mass is 335 g/mol. The largest absolute Gasteiger partial charge is 0.489 e. The van der Waals surface area contributed by atoms with E-state index < -0.39 is 0 Å². The molecule has 1 aromatic heterocycles. The second kappa shape index (κ2) is 10.4. The van der Waals surface area contributed by atoms with Gasteiger partial charge in [-0.25, -0.2) is 0 Å². The van der Waals surface area contributed by atoms with Gasteiger partial charge < -0.3 is 4.74 Å². The van der Waals surface area contributed by atoms with Gasteiger partial charge in [-0.2, -0.15) is 0 Å². The van der Waals surface area contributed by atoms with E-state index in [1.54, 1.807) is 12.4 Å². The van der Waals surface area contributed by atoms with Crippen LogP contribution in [-0.2, 0) is 11.4 Å². The molecule has 128 valence electrons. The summed E-state index contributed by atoms with van der Waals surface area (Å²) >= 11 is 0. The molecule has 3 rings (SSSR count). The van der Waals surface area contributed by atoms with Crippen LogP contribution in [0.1, 0.15) is 12.5 Å². The number of carbonyl (C=O) groups is 1. The molecule has 0 saturated heterocycles. The topological polar surface area (TPSA) is 63.2 Å². The zero-order valence-electron chi connectivity index (χ0n) is 14.1. The molecule has 0 spiro atoms. The van der Waals surface area contributed by atoms with E-state index in [1.807, 2.05) is 72.8 Å². The number of nitrogens with zero attached hydrogens (tertiary/aromatic N) is 1. The molecule has 0 bridgehead atoms. The van der Waals surface area contributed by atoms with Gasteiger partial charge in [0.05, 0.1) is 5.69 Å². The maximum absolute atomic E-state index is 10.7. The van der Waals surface area contributed by atoms with Gasteiger partial charge in [-0.15, -0.1) is 0 Å². The molecule has 25 heavy (non-hydrogen) atoms. The van der Waals surface area contributed by atoms with Gasteiger partial charge in [0.2, 0.25) is 5.91 Å². The summed E-state index contributed by atoms with van der Waals surface area (Å²) in [4.78, 5) is 14.5. The number of nitrogens with one attached hydrogen (secondary N) is 2. The van der Waals surface area contributed by atoms with Crippen LogP contribution in [0.2, 0.25) is 0 Å². The highest BCUT2D eigenvalue weighted by molar-refractivity contribution is 5.74. The molecular formula is C20H21N3O2. The third-order valence-corrected chi connectivity index (χ3v) is 3.05. The second-order valence-corrected chi connectivity index (χ2v) is 5.13. The molecule has 2 N–H and O–H groups in total. The van der Waals surface area contributed by atoms with Gasteiger partial charge in [-0.3, -0.25) is 20.6 Å². The van der Waals surface area contributed by atoms with Crippen molar-refractivity contribution in [3.05, 3.63) is 90.8 Å². The molecule has 5 heteroatoms. The van der Waals surface area contributed by atoms with E-state index in [4.69, 9.17) is 4.74 Å². The summed E-state index contributed by atoms with van der Waals surface area (Å²) < 4.78 is 5.66. The fraction of sp³-hybridized carbons (Fsp3) is 0.100. The van der Waals surface area contributed by atoms with Gasteiger partial charge in [0.1, 0.15) is 12.4 Å². The lowest BCUT2D eigenvalue weighted by atomic mass is 10.2. The Morgan fingerprint density at radius 3 is 2.08 bits per heavy atom. The van der Waals surface area contributed by atoms with Crippen molar-refractivity contribution in [3.8, 4) is 5.75 Å². The van der Waals surface area contributed by atoms with Crippen LogP contribution in [-0.4, -0.2) is 10.9 Å². The number of hydrogen-bond acceptors (Lipinski definition) is 4. The number of pyridine rings is 1. The molecule has 1 amide bonds. The van der Waals surface area contributed by atoms with E-state index in [9.17, 15) is 4.79 Å². The summed E-state index contributed by atoms with van der Waals surface area (Å²) in [7, 11) is 0. The molecule has 0 atom stereocenters. The number of hydrazine groups is 1. The molecular weight excluding hydrogens is 314 g/mol. The lowest BCUT2D eigenvalue weighted by molar-refractivity contribution is -0.118. The van der Waals surface area contributed by atoms with Crippen molar-refractivity contribution in [2.45, 2.75) is 13.5 Å². The van der Waals surface area contributed by atoms with Crippen molar-refractivity contribution in [1.29, 1.82) is 0 Å². The summed E-state index contributed by atoms with van der Waals surface area (Å²) in [5.41, 5.74) is 7.23. The highest BCUT2D eigenvalue weighted by Gasteiger charge is 1.97. The minimum absolute atomic E-state index is 0.135. The SMILES string of the molecule is CC(=O)NNc1ccc(OCc2ccccc2)cc1.c1ccncc1. The Hall–Kier alpha value is -3.34.